The summed E-state index contributed by atoms with van der Waals surface area (Å²) in [7, 11) is -0.649. The summed E-state index contributed by atoms with van der Waals surface area (Å²) >= 11 is 0. The van der Waals surface area contributed by atoms with Crippen LogP contribution >= 0.6 is 0 Å². The van der Waals surface area contributed by atoms with E-state index >= 15 is 0 Å². The van der Waals surface area contributed by atoms with Crippen molar-refractivity contribution in [2.75, 3.05) is 46.9 Å². The molecular weight excluding hydrogens is 425 g/mol. The number of sulfonamides is 1. The molecule has 0 radical (unpaired) electrons. The van der Waals surface area contributed by atoms with Crippen LogP contribution in [0.4, 0.5) is 9.18 Å². The van der Waals surface area contributed by atoms with Gasteiger partial charge in [0.25, 0.3) is 0 Å². The van der Waals surface area contributed by atoms with E-state index in [-0.39, 0.29) is 37.1 Å². The second kappa shape index (κ2) is 9.97. The fourth-order valence-corrected chi connectivity index (χ4v) is 4.82. The van der Waals surface area contributed by atoms with Crippen LogP contribution in [0.2, 0.25) is 0 Å². The van der Waals surface area contributed by atoms with Crippen molar-refractivity contribution >= 4 is 16.1 Å². The summed E-state index contributed by atoms with van der Waals surface area (Å²) in [6.07, 6.45) is 0.611. The first kappa shape index (κ1) is 22.8. The molecule has 10 heteroatoms. The molecule has 31 heavy (non-hydrogen) atoms. The number of piperazine rings is 1. The Kier molecular flexibility index (Phi) is 7.34. The third kappa shape index (κ3) is 5.45. The van der Waals surface area contributed by atoms with Crippen LogP contribution in [0.3, 0.4) is 0 Å². The van der Waals surface area contributed by atoms with E-state index in [0.29, 0.717) is 24.5 Å². The summed E-state index contributed by atoms with van der Waals surface area (Å²) < 4.78 is 50.5. The highest BCUT2D eigenvalue weighted by atomic mass is 32.2. The fraction of sp³-hybridized carbons (Fsp3) is 0.381. The fourth-order valence-electron chi connectivity index (χ4n) is 3.37. The van der Waals surface area contributed by atoms with Crippen LogP contribution in [0.5, 0.6) is 11.5 Å². The molecule has 1 saturated heterocycles. The van der Waals surface area contributed by atoms with Gasteiger partial charge in [0.05, 0.1) is 19.1 Å². The molecule has 1 aliphatic heterocycles. The predicted octanol–water partition coefficient (Wildman–Crippen LogP) is 2.10. The first-order chi connectivity index (χ1) is 14.8. The molecule has 168 valence electrons. The van der Waals surface area contributed by atoms with E-state index in [1.165, 1.54) is 22.5 Å². The van der Waals surface area contributed by atoms with Crippen molar-refractivity contribution in [1.29, 1.82) is 0 Å². The maximum atomic E-state index is 13.4. The molecule has 0 atom stereocenters. The van der Waals surface area contributed by atoms with Crippen molar-refractivity contribution in [1.82, 2.24) is 14.5 Å². The summed E-state index contributed by atoms with van der Waals surface area (Å²) in [4.78, 5) is 13.9. The van der Waals surface area contributed by atoms with E-state index in [1.54, 1.807) is 19.1 Å². The van der Waals surface area contributed by atoms with Gasteiger partial charge in [-0.15, -0.1) is 0 Å². The molecule has 0 bridgehead atoms. The zero-order valence-corrected chi connectivity index (χ0v) is 18.3. The highest BCUT2D eigenvalue weighted by Crippen LogP contribution is 2.27. The van der Waals surface area contributed by atoms with E-state index in [2.05, 4.69) is 5.32 Å². The van der Waals surface area contributed by atoms with Crippen LogP contribution in [0.1, 0.15) is 5.56 Å². The van der Waals surface area contributed by atoms with Crippen molar-refractivity contribution < 1.29 is 27.1 Å². The highest BCUT2D eigenvalue weighted by Gasteiger charge is 2.30. The normalized spacial score (nSPS) is 14.9. The smallest absolute Gasteiger partial charge is 0.317 e. The largest absolute Gasteiger partial charge is 0.493 e. The molecule has 0 aliphatic carbocycles. The summed E-state index contributed by atoms with van der Waals surface area (Å²) in [5.41, 5.74) is 0.990. The second-order valence-corrected chi connectivity index (χ2v) is 8.96. The van der Waals surface area contributed by atoms with Crippen LogP contribution in [-0.2, 0) is 16.4 Å². The number of methoxy groups -OCH3 is 2. The average Bonchev–Trinajstić information content (AvgIpc) is 2.79. The number of carbonyl (C=O) groups is 1. The molecule has 1 N–H and O–H groups in total. The molecule has 0 saturated carbocycles. The van der Waals surface area contributed by atoms with Gasteiger partial charge >= 0.3 is 6.03 Å². The number of hydrogen-bond donors (Lipinski definition) is 1. The second-order valence-electron chi connectivity index (χ2n) is 7.02. The van der Waals surface area contributed by atoms with Crippen LogP contribution in [-0.4, -0.2) is 70.6 Å². The van der Waals surface area contributed by atoms with E-state index in [0.717, 1.165) is 11.6 Å². The Morgan fingerprint density at radius 3 is 2.39 bits per heavy atom. The number of rotatable bonds is 7. The summed E-state index contributed by atoms with van der Waals surface area (Å²) in [6.45, 7) is 1.26. The Morgan fingerprint density at radius 1 is 1.03 bits per heavy atom. The van der Waals surface area contributed by atoms with Gasteiger partial charge in [0, 0.05) is 32.7 Å². The van der Waals surface area contributed by atoms with Gasteiger partial charge in [0.15, 0.2) is 11.5 Å². The molecular formula is C21H26FN3O5S. The number of benzene rings is 2. The standard InChI is InChI=1S/C21H26FN3O5S/c1-29-19-7-6-16(14-20(19)30-2)8-9-23-21(26)24-10-12-25(13-11-24)31(27,28)18-5-3-4-17(22)15-18/h3-7,14-15H,8-13H2,1-2H3,(H,23,26). The van der Waals surface area contributed by atoms with Gasteiger partial charge in [0.2, 0.25) is 10.0 Å². The van der Waals surface area contributed by atoms with Gasteiger partial charge in [-0.2, -0.15) is 4.31 Å². The lowest BCUT2D eigenvalue weighted by molar-refractivity contribution is 0.172. The minimum atomic E-state index is -3.79. The number of nitrogens with one attached hydrogen (secondary N) is 1. The van der Waals surface area contributed by atoms with Crippen molar-refractivity contribution in [3.63, 3.8) is 0 Å². The third-order valence-electron chi connectivity index (χ3n) is 5.10. The number of urea groups is 1. The first-order valence-corrected chi connectivity index (χ1v) is 11.3. The Hall–Kier alpha value is -2.85. The van der Waals surface area contributed by atoms with E-state index in [9.17, 15) is 17.6 Å². The molecule has 3 rings (SSSR count). The molecule has 1 fully saturated rings. The van der Waals surface area contributed by atoms with Crippen LogP contribution in [0.25, 0.3) is 0 Å². The Morgan fingerprint density at radius 2 is 1.74 bits per heavy atom. The van der Waals surface area contributed by atoms with Gasteiger partial charge in [0.1, 0.15) is 5.82 Å². The Bertz CT molecular complexity index is 1020. The number of halogens is 1. The molecule has 8 nitrogen and oxygen atoms in total. The lowest BCUT2D eigenvalue weighted by atomic mass is 10.1. The van der Waals surface area contributed by atoms with Crippen molar-refractivity contribution in [2.24, 2.45) is 0 Å². The molecule has 2 amide bonds. The zero-order valence-electron chi connectivity index (χ0n) is 17.5. The highest BCUT2D eigenvalue weighted by molar-refractivity contribution is 7.89. The van der Waals surface area contributed by atoms with Gasteiger partial charge in [-0.25, -0.2) is 17.6 Å². The zero-order chi connectivity index (χ0) is 22.4. The number of carbonyl (C=O) groups excluding carboxylic acids is 1. The quantitative estimate of drug-likeness (QED) is 0.697. The molecule has 0 aromatic heterocycles. The minimum absolute atomic E-state index is 0.0830. The van der Waals surface area contributed by atoms with Crippen LogP contribution < -0.4 is 14.8 Å². The monoisotopic (exact) mass is 451 g/mol. The number of nitrogens with zero attached hydrogens (tertiary/aromatic N) is 2. The van der Waals surface area contributed by atoms with E-state index < -0.39 is 15.8 Å². The minimum Gasteiger partial charge on any atom is -0.493 e. The van der Waals surface area contributed by atoms with Crippen molar-refractivity contribution in [3.05, 3.63) is 53.8 Å². The third-order valence-corrected chi connectivity index (χ3v) is 6.99. The number of ether oxygens (including phenoxy) is 2. The van der Waals surface area contributed by atoms with E-state index in [1.807, 2.05) is 18.2 Å². The predicted molar refractivity (Wildman–Crippen MR) is 113 cm³/mol. The van der Waals surface area contributed by atoms with Crippen molar-refractivity contribution in [3.8, 4) is 11.5 Å². The van der Waals surface area contributed by atoms with Crippen LogP contribution in [0.15, 0.2) is 47.4 Å². The SMILES string of the molecule is COc1ccc(CCNC(=O)N2CCN(S(=O)(=O)c3cccc(F)c3)CC2)cc1OC. The first-order valence-electron chi connectivity index (χ1n) is 9.84. The molecule has 2 aromatic rings. The maximum Gasteiger partial charge on any atom is 0.317 e. The van der Waals surface area contributed by atoms with E-state index in [4.69, 9.17) is 9.47 Å². The molecule has 2 aromatic carbocycles. The maximum absolute atomic E-state index is 13.4. The Labute approximate surface area is 181 Å². The molecule has 1 aliphatic rings. The molecule has 0 spiro atoms. The van der Waals surface area contributed by atoms with Crippen LogP contribution in [0, 0.1) is 5.82 Å². The Balaban J connectivity index is 1.49. The molecule has 1 heterocycles. The lowest BCUT2D eigenvalue weighted by Gasteiger charge is -2.34. The van der Waals surface area contributed by atoms with Crippen molar-refractivity contribution in [2.45, 2.75) is 11.3 Å². The molecule has 0 unspecified atom stereocenters. The summed E-state index contributed by atoms with van der Waals surface area (Å²) in [5, 5.41) is 2.86. The lowest BCUT2D eigenvalue weighted by Crippen LogP contribution is -2.53. The topological polar surface area (TPSA) is 88.2 Å². The van der Waals surface area contributed by atoms with Gasteiger partial charge < -0.3 is 19.7 Å². The average molecular weight is 452 g/mol. The van der Waals surface area contributed by atoms with Gasteiger partial charge in [-0.1, -0.05) is 12.1 Å². The van der Waals surface area contributed by atoms with Gasteiger partial charge in [-0.05, 0) is 42.3 Å². The summed E-state index contributed by atoms with van der Waals surface area (Å²) in [5.74, 6) is 0.664. The summed E-state index contributed by atoms with van der Waals surface area (Å²) in [6, 6.07) is 10.3. The number of amides is 2. The number of hydrogen-bond acceptors (Lipinski definition) is 5. The van der Waals surface area contributed by atoms with Gasteiger partial charge in [-0.3, -0.25) is 0 Å².